The maximum atomic E-state index is 13.4. The van der Waals surface area contributed by atoms with Crippen LogP contribution in [0.25, 0.3) is 0 Å². The van der Waals surface area contributed by atoms with E-state index in [0.29, 0.717) is 38.5 Å². The number of rotatable bonds is 6. The third-order valence-corrected chi connectivity index (χ3v) is 8.40. The molecule has 8 nitrogen and oxygen atoms in total. The lowest BCUT2D eigenvalue weighted by atomic mass is 10.1. The third kappa shape index (κ3) is 4.92. The molecule has 2 saturated heterocycles. The van der Waals surface area contributed by atoms with Gasteiger partial charge in [0.15, 0.2) is 0 Å². The van der Waals surface area contributed by atoms with Crippen LogP contribution in [0.15, 0.2) is 53.4 Å². The van der Waals surface area contributed by atoms with Crippen molar-refractivity contribution < 1.29 is 22.7 Å². The number of sulfonamides is 1. The van der Waals surface area contributed by atoms with Gasteiger partial charge in [-0.2, -0.15) is 0 Å². The van der Waals surface area contributed by atoms with Gasteiger partial charge in [0, 0.05) is 39.3 Å². The van der Waals surface area contributed by atoms with Crippen LogP contribution in [-0.4, -0.2) is 75.5 Å². The molecule has 0 N–H and O–H groups in total. The van der Waals surface area contributed by atoms with Crippen LogP contribution in [0, 0.1) is 0 Å². The summed E-state index contributed by atoms with van der Waals surface area (Å²) in [4.78, 5) is 29.1. The van der Waals surface area contributed by atoms with Gasteiger partial charge in [0.2, 0.25) is 0 Å². The van der Waals surface area contributed by atoms with E-state index >= 15 is 0 Å². The molecule has 34 heavy (non-hydrogen) atoms. The number of anilines is 1. The van der Waals surface area contributed by atoms with Gasteiger partial charge in [0.1, 0.15) is 6.10 Å². The molecule has 0 aliphatic carbocycles. The topological polar surface area (TPSA) is 87.2 Å². The smallest absolute Gasteiger partial charge is 0.264 e. The fourth-order valence-corrected chi connectivity index (χ4v) is 6.02. The van der Waals surface area contributed by atoms with Crippen LogP contribution in [0.1, 0.15) is 30.1 Å². The van der Waals surface area contributed by atoms with Crippen molar-refractivity contribution in [3.63, 3.8) is 0 Å². The van der Waals surface area contributed by atoms with Gasteiger partial charge >= 0.3 is 0 Å². The van der Waals surface area contributed by atoms with E-state index in [1.807, 2.05) is 6.07 Å². The second-order valence-corrected chi connectivity index (χ2v) is 10.5. The van der Waals surface area contributed by atoms with Crippen molar-refractivity contribution in [2.75, 3.05) is 43.6 Å². The molecule has 0 aromatic heterocycles. The molecule has 0 spiro atoms. The molecule has 0 bridgehead atoms. The summed E-state index contributed by atoms with van der Waals surface area (Å²) in [5.41, 5.74) is 0.672. The molecule has 2 aromatic rings. The molecule has 1 unspecified atom stereocenters. The van der Waals surface area contributed by atoms with E-state index in [1.165, 1.54) is 22.5 Å². The first-order chi connectivity index (χ1) is 16.3. The summed E-state index contributed by atoms with van der Waals surface area (Å²) >= 11 is 6.32. The fraction of sp³-hybridized carbons (Fsp3) is 0.417. The predicted molar refractivity (Wildman–Crippen MR) is 130 cm³/mol. The summed E-state index contributed by atoms with van der Waals surface area (Å²) in [7, 11) is -3.90. The monoisotopic (exact) mass is 505 g/mol. The minimum Gasteiger partial charge on any atom is -0.368 e. The first-order valence-corrected chi connectivity index (χ1v) is 13.2. The Kier molecular flexibility index (Phi) is 7.45. The highest BCUT2D eigenvalue weighted by Gasteiger charge is 2.32. The molecular formula is C24H28ClN3O5S. The highest BCUT2D eigenvalue weighted by atomic mass is 35.5. The van der Waals surface area contributed by atoms with E-state index in [1.54, 1.807) is 41.0 Å². The Morgan fingerprint density at radius 3 is 2.35 bits per heavy atom. The van der Waals surface area contributed by atoms with E-state index in [-0.39, 0.29) is 39.9 Å². The SMILES string of the molecule is CCN(c1ccccc1)S(=O)(=O)c1ccc(Cl)c(C(=O)N2CCN(C(=O)C3CCCO3)CC2)c1. The molecule has 2 aromatic carbocycles. The zero-order chi connectivity index (χ0) is 24.3. The lowest BCUT2D eigenvalue weighted by molar-refractivity contribution is -0.142. The summed E-state index contributed by atoms with van der Waals surface area (Å²) in [6.45, 7) is 4.08. The molecule has 182 valence electrons. The Hall–Kier alpha value is -2.62. The van der Waals surface area contributed by atoms with Crippen LogP contribution in [0.3, 0.4) is 0 Å². The molecule has 4 rings (SSSR count). The highest BCUT2D eigenvalue weighted by Crippen LogP contribution is 2.28. The second kappa shape index (κ2) is 10.3. The zero-order valence-corrected chi connectivity index (χ0v) is 20.6. The molecule has 2 heterocycles. The summed E-state index contributed by atoms with van der Waals surface area (Å²) < 4.78 is 33.5. The van der Waals surface area contributed by atoms with Crippen molar-refractivity contribution >= 4 is 39.1 Å². The van der Waals surface area contributed by atoms with Crippen molar-refractivity contribution in [2.45, 2.75) is 30.8 Å². The molecule has 2 fully saturated rings. The quantitative estimate of drug-likeness (QED) is 0.602. The van der Waals surface area contributed by atoms with E-state index in [0.717, 1.165) is 12.8 Å². The molecule has 2 amide bonds. The molecule has 2 aliphatic heterocycles. The van der Waals surface area contributed by atoms with Crippen molar-refractivity contribution in [3.05, 3.63) is 59.1 Å². The van der Waals surface area contributed by atoms with Gasteiger partial charge in [0.25, 0.3) is 21.8 Å². The first-order valence-electron chi connectivity index (χ1n) is 11.4. The minimum atomic E-state index is -3.90. The minimum absolute atomic E-state index is 0.00171. The van der Waals surface area contributed by atoms with Gasteiger partial charge in [-0.1, -0.05) is 29.8 Å². The molecule has 2 aliphatic rings. The number of para-hydroxylation sites is 1. The molecule has 0 saturated carbocycles. The number of hydrogen-bond donors (Lipinski definition) is 0. The van der Waals surface area contributed by atoms with Gasteiger partial charge in [-0.05, 0) is 50.1 Å². The maximum Gasteiger partial charge on any atom is 0.264 e. The molecular weight excluding hydrogens is 478 g/mol. The molecule has 0 radical (unpaired) electrons. The number of hydrogen-bond acceptors (Lipinski definition) is 5. The Morgan fingerprint density at radius 2 is 1.74 bits per heavy atom. The number of amides is 2. The number of benzene rings is 2. The van der Waals surface area contributed by atoms with Crippen LogP contribution < -0.4 is 4.31 Å². The third-order valence-electron chi connectivity index (χ3n) is 6.17. The maximum absolute atomic E-state index is 13.4. The van der Waals surface area contributed by atoms with Gasteiger partial charge in [-0.15, -0.1) is 0 Å². The Bertz CT molecular complexity index is 1140. The van der Waals surface area contributed by atoms with Crippen LogP contribution in [-0.2, 0) is 19.6 Å². The summed E-state index contributed by atoms with van der Waals surface area (Å²) in [5, 5.41) is 0.185. The van der Waals surface area contributed by atoms with Crippen LogP contribution >= 0.6 is 11.6 Å². The zero-order valence-electron chi connectivity index (χ0n) is 19.0. The van der Waals surface area contributed by atoms with Crippen LogP contribution in [0.2, 0.25) is 5.02 Å². The van der Waals surface area contributed by atoms with Crippen molar-refractivity contribution in [1.82, 2.24) is 9.80 Å². The Balaban J connectivity index is 1.51. The average Bonchev–Trinajstić information content (AvgIpc) is 3.39. The van der Waals surface area contributed by atoms with Crippen LogP contribution in [0.4, 0.5) is 5.69 Å². The molecule has 10 heteroatoms. The standard InChI is InChI=1S/C24H28ClN3O5S/c1-2-28(18-7-4-3-5-8-18)34(31,32)19-10-11-21(25)20(17-19)23(29)26-12-14-27(15-13-26)24(30)22-9-6-16-33-22/h3-5,7-8,10-11,17,22H,2,6,9,12-16H2,1H3. The second-order valence-electron chi connectivity index (χ2n) is 8.27. The predicted octanol–water partition coefficient (Wildman–Crippen LogP) is 3.02. The highest BCUT2D eigenvalue weighted by molar-refractivity contribution is 7.92. The van der Waals surface area contributed by atoms with Crippen molar-refractivity contribution in [2.24, 2.45) is 0 Å². The normalized spacial score (nSPS) is 18.7. The summed E-state index contributed by atoms with van der Waals surface area (Å²) in [5.74, 6) is -0.384. The van der Waals surface area contributed by atoms with Crippen molar-refractivity contribution in [3.8, 4) is 0 Å². The summed E-state index contributed by atoms with van der Waals surface area (Å²) in [6.07, 6.45) is 1.23. The van der Waals surface area contributed by atoms with E-state index in [9.17, 15) is 18.0 Å². The van der Waals surface area contributed by atoms with E-state index in [4.69, 9.17) is 16.3 Å². The molecule has 1 atom stereocenters. The number of piperazine rings is 1. The number of halogens is 1. The largest absolute Gasteiger partial charge is 0.368 e. The van der Waals surface area contributed by atoms with Crippen LogP contribution in [0.5, 0.6) is 0 Å². The van der Waals surface area contributed by atoms with E-state index < -0.39 is 10.0 Å². The van der Waals surface area contributed by atoms with Gasteiger partial charge < -0.3 is 14.5 Å². The first kappa shape index (κ1) is 24.5. The lowest BCUT2D eigenvalue weighted by Gasteiger charge is -2.36. The van der Waals surface area contributed by atoms with Crippen molar-refractivity contribution in [1.29, 1.82) is 0 Å². The van der Waals surface area contributed by atoms with E-state index in [2.05, 4.69) is 0 Å². The lowest BCUT2D eigenvalue weighted by Crippen LogP contribution is -2.52. The Morgan fingerprint density at radius 1 is 1.06 bits per heavy atom. The number of ether oxygens (including phenoxy) is 1. The van der Waals surface area contributed by atoms with Gasteiger partial charge in [-0.25, -0.2) is 8.42 Å². The number of nitrogens with zero attached hydrogens (tertiary/aromatic N) is 3. The number of carbonyl (C=O) groups excluding carboxylic acids is 2. The number of carbonyl (C=O) groups is 2. The fourth-order valence-electron chi connectivity index (χ4n) is 4.32. The average molecular weight is 506 g/mol. The van der Waals surface area contributed by atoms with Gasteiger partial charge in [0.05, 0.1) is 21.2 Å². The van der Waals surface area contributed by atoms with Gasteiger partial charge in [-0.3, -0.25) is 13.9 Å². The Labute approximate surface area is 205 Å². The summed E-state index contributed by atoms with van der Waals surface area (Å²) in [6, 6.07) is 13.0.